The molecule has 2 amide bonds. The minimum absolute atomic E-state index is 0.237. The molecule has 0 bridgehead atoms. The lowest BCUT2D eigenvalue weighted by atomic mass is 10.1. The number of amides is 2. The van der Waals surface area contributed by atoms with Gasteiger partial charge in [-0.1, -0.05) is 45.7 Å². The van der Waals surface area contributed by atoms with Gasteiger partial charge in [-0.15, -0.1) is 0 Å². The monoisotopic (exact) mass is 487 g/mol. The third kappa shape index (κ3) is 4.34. The molecule has 0 N–H and O–H groups in total. The number of hydrogen-bond donors (Lipinski definition) is 0. The zero-order valence-electron chi connectivity index (χ0n) is 15.3. The van der Waals surface area contributed by atoms with Crippen LogP contribution in [0.15, 0.2) is 68.4 Å². The normalized spacial score (nSPS) is 15.6. The van der Waals surface area contributed by atoms with Gasteiger partial charge in [0.15, 0.2) is 0 Å². The van der Waals surface area contributed by atoms with E-state index in [1.807, 2.05) is 55.5 Å². The van der Waals surface area contributed by atoms with Gasteiger partial charge in [-0.2, -0.15) is 0 Å². The van der Waals surface area contributed by atoms with Crippen LogP contribution in [0.2, 0.25) is 5.02 Å². The molecule has 3 aromatic rings. The zero-order valence-corrected chi connectivity index (χ0v) is 18.5. The molecule has 1 saturated heterocycles. The molecule has 2 heterocycles. The molecular formula is C22H15BrClNO3S. The molecule has 0 unspecified atom stereocenters. The minimum atomic E-state index is -0.320. The van der Waals surface area contributed by atoms with Crippen molar-refractivity contribution in [2.45, 2.75) is 13.5 Å². The number of nitrogens with zero attached hydrogens (tertiary/aromatic N) is 1. The first-order valence-corrected chi connectivity index (χ1v) is 10.8. The minimum Gasteiger partial charge on any atom is -0.457 e. The molecule has 1 aliphatic rings. The molecule has 0 atom stereocenters. The molecule has 0 aliphatic carbocycles. The van der Waals surface area contributed by atoms with Gasteiger partial charge in [-0.25, -0.2) is 0 Å². The predicted molar refractivity (Wildman–Crippen MR) is 120 cm³/mol. The van der Waals surface area contributed by atoms with Gasteiger partial charge in [0.1, 0.15) is 11.5 Å². The third-order valence-electron chi connectivity index (χ3n) is 4.49. The Morgan fingerprint density at radius 1 is 1.10 bits per heavy atom. The molecule has 0 saturated carbocycles. The van der Waals surface area contributed by atoms with Crippen LogP contribution in [0.1, 0.15) is 16.9 Å². The fourth-order valence-electron chi connectivity index (χ4n) is 2.97. The summed E-state index contributed by atoms with van der Waals surface area (Å²) >= 11 is 10.4. The largest absolute Gasteiger partial charge is 0.457 e. The number of carbonyl (C=O) groups excluding carboxylic acids is 2. The van der Waals surface area contributed by atoms with Crippen LogP contribution < -0.4 is 0 Å². The van der Waals surface area contributed by atoms with E-state index in [-0.39, 0.29) is 17.7 Å². The number of benzene rings is 2. The summed E-state index contributed by atoms with van der Waals surface area (Å²) in [6, 6.07) is 16.7. The van der Waals surface area contributed by atoms with Gasteiger partial charge in [0.25, 0.3) is 11.1 Å². The third-order valence-corrected chi connectivity index (χ3v) is 6.16. The number of thioether (sulfide) groups is 1. The number of rotatable bonds is 4. The molecular weight excluding hydrogens is 474 g/mol. The molecule has 4 nitrogen and oxygen atoms in total. The van der Waals surface area contributed by atoms with Crippen molar-refractivity contribution < 1.29 is 14.0 Å². The summed E-state index contributed by atoms with van der Waals surface area (Å²) in [6.45, 7) is 2.21. The maximum absolute atomic E-state index is 12.7. The lowest BCUT2D eigenvalue weighted by Crippen LogP contribution is -2.27. The van der Waals surface area contributed by atoms with Gasteiger partial charge in [0.05, 0.1) is 11.4 Å². The summed E-state index contributed by atoms with van der Waals surface area (Å²) in [5.74, 6) is 0.846. The number of carbonyl (C=O) groups is 2. The first kappa shape index (κ1) is 20.0. The van der Waals surface area contributed by atoms with E-state index >= 15 is 0 Å². The van der Waals surface area contributed by atoms with Crippen LogP contribution in [0, 0.1) is 6.92 Å². The van der Waals surface area contributed by atoms with Crippen molar-refractivity contribution in [2.24, 2.45) is 0 Å². The zero-order chi connectivity index (χ0) is 20.5. The molecule has 29 heavy (non-hydrogen) atoms. The van der Waals surface area contributed by atoms with Crippen LogP contribution in [0.25, 0.3) is 17.4 Å². The van der Waals surface area contributed by atoms with Gasteiger partial charge in [0.2, 0.25) is 0 Å². The van der Waals surface area contributed by atoms with E-state index in [2.05, 4.69) is 15.9 Å². The van der Waals surface area contributed by atoms with E-state index in [0.717, 1.165) is 32.9 Å². The standard InChI is InChI=1S/C22H15BrClNO3S/c1-13-2-7-16(24)10-18(13)19-9-8-17(28-19)11-20-21(26)25(22(27)29-20)12-14-3-5-15(23)6-4-14/h2-11H,12H2,1H3/b20-11-. The number of furan rings is 1. The predicted octanol–water partition coefficient (Wildman–Crippen LogP) is 6.91. The summed E-state index contributed by atoms with van der Waals surface area (Å²) in [5, 5.41) is 0.333. The molecule has 1 fully saturated rings. The van der Waals surface area contributed by atoms with Gasteiger partial charge in [0, 0.05) is 21.1 Å². The van der Waals surface area contributed by atoms with Crippen LogP contribution in [-0.2, 0) is 11.3 Å². The smallest absolute Gasteiger partial charge is 0.293 e. The van der Waals surface area contributed by atoms with Crippen LogP contribution in [0.5, 0.6) is 0 Å². The topological polar surface area (TPSA) is 50.5 Å². The lowest BCUT2D eigenvalue weighted by Gasteiger charge is -2.12. The van der Waals surface area contributed by atoms with Crippen LogP contribution in [0.4, 0.5) is 4.79 Å². The van der Waals surface area contributed by atoms with Crippen molar-refractivity contribution in [2.75, 3.05) is 0 Å². The molecule has 0 spiro atoms. The van der Waals surface area contributed by atoms with Crippen molar-refractivity contribution in [1.29, 1.82) is 0 Å². The molecule has 146 valence electrons. The Morgan fingerprint density at radius 3 is 2.62 bits per heavy atom. The van der Waals surface area contributed by atoms with E-state index in [9.17, 15) is 9.59 Å². The quantitative estimate of drug-likeness (QED) is 0.375. The summed E-state index contributed by atoms with van der Waals surface area (Å²) in [6.07, 6.45) is 1.61. The summed E-state index contributed by atoms with van der Waals surface area (Å²) < 4.78 is 6.83. The molecule has 7 heteroatoms. The Kier molecular flexibility index (Phi) is 5.67. The molecule has 0 radical (unpaired) electrons. The number of imide groups is 1. The Hall–Kier alpha value is -2.28. The Labute approximate surface area is 185 Å². The second-order valence-electron chi connectivity index (χ2n) is 6.56. The van der Waals surface area contributed by atoms with E-state index in [0.29, 0.717) is 21.4 Å². The second kappa shape index (κ2) is 8.22. The van der Waals surface area contributed by atoms with Crippen LogP contribution in [0.3, 0.4) is 0 Å². The van der Waals surface area contributed by atoms with Crippen LogP contribution in [-0.4, -0.2) is 16.0 Å². The summed E-state index contributed by atoms with van der Waals surface area (Å²) in [7, 11) is 0. The number of aryl methyl sites for hydroxylation is 1. The maximum atomic E-state index is 12.7. The molecule has 1 aromatic heterocycles. The van der Waals surface area contributed by atoms with Gasteiger partial charge < -0.3 is 4.42 Å². The Balaban J connectivity index is 1.55. The average Bonchev–Trinajstić information content (AvgIpc) is 3.26. The molecule has 4 rings (SSSR count). The average molecular weight is 489 g/mol. The first-order chi connectivity index (χ1) is 13.9. The van der Waals surface area contributed by atoms with Crippen LogP contribution >= 0.6 is 39.3 Å². The van der Waals surface area contributed by atoms with E-state index in [4.69, 9.17) is 16.0 Å². The number of halogens is 2. The first-order valence-electron chi connectivity index (χ1n) is 8.77. The molecule has 2 aromatic carbocycles. The Morgan fingerprint density at radius 2 is 1.86 bits per heavy atom. The highest BCUT2D eigenvalue weighted by Crippen LogP contribution is 2.35. The fourth-order valence-corrected chi connectivity index (χ4v) is 4.23. The second-order valence-corrected chi connectivity index (χ2v) is 8.90. The van der Waals surface area contributed by atoms with Gasteiger partial charge in [-0.05, 0) is 66.2 Å². The van der Waals surface area contributed by atoms with E-state index in [1.165, 1.54) is 4.90 Å². The molecule has 1 aliphatic heterocycles. The SMILES string of the molecule is Cc1ccc(Cl)cc1-c1ccc(/C=C2\SC(=O)N(Cc3ccc(Br)cc3)C2=O)o1. The van der Waals surface area contributed by atoms with Gasteiger partial charge in [-0.3, -0.25) is 14.5 Å². The fraction of sp³-hybridized carbons (Fsp3) is 0.0909. The van der Waals surface area contributed by atoms with Crippen molar-refractivity contribution in [3.05, 3.63) is 85.9 Å². The highest BCUT2D eigenvalue weighted by Gasteiger charge is 2.35. The summed E-state index contributed by atoms with van der Waals surface area (Å²) in [5.41, 5.74) is 2.80. The summed E-state index contributed by atoms with van der Waals surface area (Å²) in [4.78, 5) is 26.6. The highest BCUT2D eigenvalue weighted by atomic mass is 79.9. The van der Waals surface area contributed by atoms with E-state index in [1.54, 1.807) is 12.1 Å². The van der Waals surface area contributed by atoms with Crippen molar-refractivity contribution in [3.8, 4) is 11.3 Å². The maximum Gasteiger partial charge on any atom is 0.293 e. The Bertz CT molecular complexity index is 1140. The van der Waals surface area contributed by atoms with Crippen molar-refractivity contribution in [3.63, 3.8) is 0 Å². The van der Waals surface area contributed by atoms with Gasteiger partial charge >= 0.3 is 0 Å². The van der Waals surface area contributed by atoms with Crippen molar-refractivity contribution >= 4 is 56.5 Å². The number of hydrogen-bond acceptors (Lipinski definition) is 4. The van der Waals surface area contributed by atoms with Crippen molar-refractivity contribution in [1.82, 2.24) is 4.90 Å². The van der Waals surface area contributed by atoms with E-state index < -0.39 is 0 Å². The highest BCUT2D eigenvalue weighted by molar-refractivity contribution is 9.10. The lowest BCUT2D eigenvalue weighted by molar-refractivity contribution is -0.123.